The smallest absolute Gasteiger partial charge is 0.251 e. The van der Waals surface area contributed by atoms with E-state index in [0.717, 1.165) is 16.9 Å². The van der Waals surface area contributed by atoms with Crippen molar-refractivity contribution in [3.63, 3.8) is 0 Å². The third-order valence-corrected chi connectivity index (χ3v) is 3.51. The molecule has 102 valence electrons. The predicted octanol–water partition coefficient (Wildman–Crippen LogP) is 1.82. The van der Waals surface area contributed by atoms with Gasteiger partial charge in [-0.15, -0.1) is 0 Å². The van der Waals surface area contributed by atoms with E-state index in [0.29, 0.717) is 5.56 Å². The third kappa shape index (κ3) is 4.62. The summed E-state index contributed by atoms with van der Waals surface area (Å²) in [6.07, 6.45) is 2.01. The Morgan fingerprint density at radius 2 is 2.26 bits per heavy atom. The van der Waals surface area contributed by atoms with E-state index in [9.17, 15) is 4.79 Å². The fraction of sp³-hybridized carbons (Fsp3) is 0.400. The van der Waals surface area contributed by atoms with Crippen LogP contribution in [0.4, 0.5) is 0 Å². The Morgan fingerprint density at radius 3 is 2.89 bits per heavy atom. The van der Waals surface area contributed by atoms with E-state index in [1.165, 1.54) is 0 Å². The molecular weight excluding hydrogens is 258 g/mol. The molecule has 4 heteroatoms. The van der Waals surface area contributed by atoms with Crippen molar-refractivity contribution in [2.75, 3.05) is 18.6 Å². The normalized spacial score (nSPS) is 11.4. The SMILES string of the molecule is CSCC(C)NC(=O)c1cccc(C#CCO)c1C. The molecular formula is C15H19NO2S. The first-order chi connectivity index (χ1) is 9.10. The molecule has 0 aliphatic carbocycles. The van der Waals surface area contributed by atoms with Crippen molar-refractivity contribution in [2.45, 2.75) is 19.9 Å². The minimum absolute atomic E-state index is 0.0771. The standard InChI is InChI=1S/C15H19NO2S/c1-11(10-19-3)16-15(18)14-8-4-6-13(12(14)2)7-5-9-17/h4,6,8,11,17H,9-10H2,1-3H3,(H,16,18). The molecule has 1 rings (SSSR count). The summed E-state index contributed by atoms with van der Waals surface area (Å²) < 4.78 is 0. The van der Waals surface area contributed by atoms with E-state index in [-0.39, 0.29) is 18.6 Å². The molecule has 1 amide bonds. The Kier molecular flexibility index (Phi) is 6.48. The maximum atomic E-state index is 12.2. The van der Waals surface area contributed by atoms with E-state index in [2.05, 4.69) is 17.2 Å². The number of nitrogens with one attached hydrogen (secondary N) is 1. The van der Waals surface area contributed by atoms with Crippen LogP contribution in [0.3, 0.4) is 0 Å². The molecule has 0 fully saturated rings. The number of carbonyl (C=O) groups is 1. The van der Waals surface area contributed by atoms with Gasteiger partial charge in [0.1, 0.15) is 6.61 Å². The summed E-state index contributed by atoms with van der Waals surface area (Å²) in [5, 5.41) is 11.7. The summed E-state index contributed by atoms with van der Waals surface area (Å²) in [5.41, 5.74) is 2.26. The van der Waals surface area contributed by atoms with Crippen molar-refractivity contribution in [3.05, 3.63) is 34.9 Å². The molecule has 0 radical (unpaired) electrons. The van der Waals surface area contributed by atoms with Gasteiger partial charge in [-0.05, 0) is 37.8 Å². The van der Waals surface area contributed by atoms with Gasteiger partial charge in [-0.3, -0.25) is 4.79 Å². The Bertz CT molecular complexity index is 503. The highest BCUT2D eigenvalue weighted by Gasteiger charge is 2.13. The van der Waals surface area contributed by atoms with E-state index in [4.69, 9.17) is 5.11 Å². The van der Waals surface area contributed by atoms with Crippen LogP contribution >= 0.6 is 11.8 Å². The Hall–Kier alpha value is -1.44. The average Bonchev–Trinajstić information content (AvgIpc) is 2.37. The predicted molar refractivity (Wildman–Crippen MR) is 80.5 cm³/mol. The maximum Gasteiger partial charge on any atom is 0.251 e. The number of carbonyl (C=O) groups excluding carboxylic acids is 1. The number of benzene rings is 1. The molecule has 0 aliphatic heterocycles. The number of thioether (sulfide) groups is 1. The van der Waals surface area contributed by atoms with Crippen molar-refractivity contribution in [1.82, 2.24) is 5.32 Å². The van der Waals surface area contributed by atoms with Crippen molar-refractivity contribution in [1.29, 1.82) is 0 Å². The fourth-order valence-electron chi connectivity index (χ4n) is 1.75. The monoisotopic (exact) mass is 277 g/mol. The summed E-state index contributed by atoms with van der Waals surface area (Å²) >= 11 is 1.70. The molecule has 0 saturated heterocycles. The van der Waals surface area contributed by atoms with Gasteiger partial charge >= 0.3 is 0 Å². The molecule has 0 aromatic heterocycles. The zero-order valence-electron chi connectivity index (χ0n) is 11.5. The first kappa shape index (κ1) is 15.6. The molecule has 0 aliphatic rings. The molecule has 1 aromatic carbocycles. The van der Waals surface area contributed by atoms with E-state index < -0.39 is 0 Å². The molecule has 0 spiro atoms. The fourth-order valence-corrected chi connectivity index (χ4v) is 2.33. The van der Waals surface area contributed by atoms with Gasteiger partial charge in [0.25, 0.3) is 5.91 Å². The largest absolute Gasteiger partial charge is 0.384 e. The van der Waals surface area contributed by atoms with Crippen molar-refractivity contribution in [2.24, 2.45) is 0 Å². The Morgan fingerprint density at radius 1 is 1.53 bits per heavy atom. The second-order valence-corrected chi connectivity index (χ2v) is 5.18. The molecule has 0 heterocycles. The first-order valence-corrected chi connectivity index (χ1v) is 7.48. The molecule has 3 nitrogen and oxygen atoms in total. The molecule has 1 aromatic rings. The Balaban J connectivity index is 2.92. The number of amides is 1. The summed E-state index contributed by atoms with van der Waals surface area (Å²) in [4.78, 5) is 12.2. The lowest BCUT2D eigenvalue weighted by Gasteiger charge is -2.14. The van der Waals surface area contributed by atoms with Crippen molar-refractivity contribution < 1.29 is 9.90 Å². The van der Waals surface area contributed by atoms with Crippen molar-refractivity contribution in [3.8, 4) is 11.8 Å². The van der Waals surface area contributed by atoms with Crippen LogP contribution in [0.1, 0.15) is 28.4 Å². The topological polar surface area (TPSA) is 49.3 Å². The van der Waals surface area contributed by atoms with Gasteiger partial charge in [0.15, 0.2) is 0 Å². The number of rotatable bonds is 4. The minimum Gasteiger partial charge on any atom is -0.384 e. The van der Waals surface area contributed by atoms with E-state index in [1.54, 1.807) is 17.8 Å². The number of aliphatic hydroxyl groups excluding tert-OH is 1. The summed E-state index contributed by atoms with van der Waals surface area (Å²) in [5.74, 6) is 6.26. The van der Waals surface area contributed by atoms with Crippen LogP contribution in [0.15, 0.2) is 18.2 Å². The van der Waals surface area contributed by atoms with Crippen LogP contribution in [0.5, 0.6) is 0 Å². The third-order valence-electron chi connectivity index (χ3n) is 2.67. The highest BCUT2D eigenvalue weighted by atomic mass is 32.2. The van der Waals surface area contributed by atoms with Gasteiger partial charge in [0.05, 0.1) is 0 Å². The molecule has 2 N–H and O–H groups in total. The summed E-state index contributed by atoms with van der Waals surface area (Å²) in [6.45, 7) is 3.68. The lowest BCUT2D eigenvalue weighted by molar-refractivity contribution is 0.0943. The second-order valence-electron chi connectivity index (χ2n) is 4.27. The second kappa shape index (κ2) is 7.88. The van der Waals surface area contributed by atoms with Crippen LogP contribution in [0.2, 0.25) is 0 Å². The van der Waals surface area contributed by atoms with Gasteiger partial charge in [0, 0.05) is 22.9 Å². The van der Waals surface area contributed by atoms with Gasteiger partial charge < -0.3 is 10.4 Å². The van der Waals surface area contributed by atoms with Gasteiger partial charge in [0.2, 0.25) is 0 Å². The molecule has 19 heavy (non-hydrogen) atoms. The van der Waals surface area contributed by atoms with Crippen LogP contribution < -0.4 is 5.32 Å². The molecule has 0 bridgehead atoms. The Labute approximate surface area is 118 Å². The van der Waals surface area contributed by atoms with Crippen LogP contribution in [0, 0.1) is 18.8 Å². The average molecular weight is 277 g/mol. The van der Waals surface area contributed by atoms with Gasteiger partial charge in [-0.25, -0.2) is 0 Å². The van der Waals surface area contributed by atoms with E-state index >= 15 is 0 Å². The summed E-state index contributed by atoms with van der Waals surface area (Å²) in [6, 6.07) is 5.58. The molecule has 1 atom stereocenters. The maximum absolute atomic E-state index is 12.2. The summed E-state index contributed by atoms with van der Waals surface area (Å²) in [7, 11) is 0. The number of aliphatic hydroxyl groups is 1. The molecule has 0 saturated carbocycles. The highest BCUT2D eigenvalue weighted by Crippen LogP contribution is 2.13. The zero-order chi connectivity index (χ0) is 14.3. The van der Waals surface area contributed by atoms with Crippen molar-refractivity contribution >= 4 is 17.7 Å². The quantitative estimate of drug-likeness (QED) is 0.825. The lowest BCUT2D eigenvalue weighted by atomic mass is 10.0. The van der Waals surface area contributed by atoms with Crippen LogP contribution in [-0.4, -0.2) is 35.7 Å². The highest BCUT2D eigenvalue weighted by molar-refractivity contribution is 7.98. The lowest BCUT2D eigenvalue weighted by Crippen LogP contribution is -2.34. The molecule has 1 unspecified atom stereocenters. The zero-order valence-corrected chi connectivity index (χ0v) is 12.3. The number of hydrogen-bond acceptors (Lipinski definition) is 3. The minimum atomic E-state index is -0.180. The van der Waals surface area contributed by atoms with Gasteiger partial charge in [-0.2, -0.15) is 11.8 Å². The van der Waals surface area contributed by atoms with Crippen LogP contribution in [0.25, 0.3) is 0 Å². The van der Waals surface area contributed by atoms with Crippen LogP contribution in [-0.2, 0) is 0 Å². The van der Waals surface area contributed by atoms with E-state index in [1.807, 2.05) is 32.2 Å². The van der Waals surface area contributed by atoms with Gasteiger partial charge in [-0.1, -0.05) is 17.9 Å². The first-order valence-electron chi connectivity index (χ1n) is 6.09. The number of hydrogen-bond donors (Lipinski definition) is 2.